The minimum Gasteiger partial charge on any atom is -0.338 e. The van der Waals surface area contributed by atoms with Gasteiger partial charge in [-0.2, -0.15) is 0 Å². The Kier molecular flexibility index (Phi) is 4.52. The van der Waals surface area contributed by atoms with Crippen molar-refractivity contribution in [2.24, 2.45) is 7.05 Å². The van der Waals surface area contributed by atoms with Gasteiger partial charge in [-0.3, -0.25) is 13.9 Å². The number of likely N-dealkylation sites (tertiary alicyclic amines) is 1. The highest BCUT2D eigenvalue weighted by Crippen LogP contribution is 2.18. The van der Waals surface area contributed by atoms with E-state index in [9.17, 15) is 9.59 Å². The average molecular weight is 316 g/mol. The first-order valence-corrected chi connectivity index (χ1v) is 8.22. The molecule has 0 saturated carbocycles. The summed E-state index contributed by atoms with van der Waals surface area (Å²) in [7, 11) is 3.68. The molecule has 0 spiro atoms. The molecule has 23 heavy (non-hydrogen) atoms. The standard InChI is InChI=1S/C17H24N4O2/c1-18-12-13-6-5-10-20(13)16(22)9-11-21-15-8-4-3-7-14(15)19(2)17(21)23/h3-4,7-8,13,18H,5-6,9-12H2,1-2H3. The molecule has 1 aliphatic rings. The molecular formula is C17H24N4O2. The molecule has 3 rings (SSSR count). The van der Waals surface area contributed by atoms with Crippen molar-refractivity contribution in [3.63, 3.8) is 0 Å². The summed E-state index contributed by atoms with van der Waals surface area (Å²) in [5.74, 6) is 0.141. The van der Waals surface area contributed by atoms with Crippen LogP contribution in [0.4, 0.5) is 0 Å². The number of nitrogens with one attached hydrogen (secondary N) is 1. The van der Waals surface area contributed by atoms with Crippen molar-refractivity contribution < 1.29 is 4.79 Å². The lowest BCUT2D eigenvalue weighted by Crippen LogP contribution is -2.41. The van der Waals surface area contributed by atoms with Gasteiger partial charge in [-0.1, -0.05) is 12.1 Å². The third kappa shape index (κ3) is 2.91. The highest BCUT2D eigenvalue weighted by molar-refractivity contribution is 5.78. The second-order valence-electron chi connectivity index (χ2n) is 6.17. The van der Waals surface area contributed by atoms with Gasteiger partial charge in [-0.25, -0.2) is 4.79 Å². The van der Waals surface area contributed by atoms with Gasteiger partial charge in [0.1, 0.15) is 0 Å². The molecule has 1 aromatic carbocycles. The van der Waals surface area contributed by atoms with Crippen molar-refractivity contribution in [1.29, 1.82) is 0 Å². The van der Waals surface area contributed by atoms with E-state index in [0.29, 0.717) is 13.0 Å². The highest BCUT2D eigenvalue weighted by Gasteiger charge is 2.27. The van der Waals surface area contributed by atoms with Crippen LogP contribution < -0.4 is 11.0 Å². The van der Waals surface area contributed by atoms with Gasteiger partial charge in [0.05, 0.1) is 11.0 Å². The van der Waals surface area contributed by atoms with E-state index < -0.39 is 0 Å². The maximum atomic E-state index is 12.5. The van der Waals surface area contributed by atoms with Crippen LogP contribution in [0.25, 0.3) is 11.0 Å². The molecule has 2 aromatic rings. The predicted octanol–water partition coefficient (Wildman–Crippen LogP) is 0.940. The number of carbonyl (C=O) groups is 1. The van der Waals surface area contributed by atoms with Gasteiger partial charge in [0.15, 0.2) is 0 Å². The lowest BCUT2D eigenvalue weighted by atomic mass is 10.2. The van der Waals surface area contributed by atoms with Crippen LogP contribution in [0.2, 0.25) is 0 Å². The Hall–Kier alpha value is -2.08. The number of hydrogen-bond donors (Lipinski definition) is 1. The van der Waals surface area contributed by atoms with E-state index in [2.05, 4.69) is 5.32 Å². The maximum absolute atomic E-state index is 12.5. The molecule has 1 amide bonds. The molecule has 1 N–H and O–H groups in total. The van der Waals surface area contributed by atoms with Crippen LogP contribution in [0.15, 0.2) is 29.1 Å². The zero-order valence-corrected chi connectivity index (χ0v) is 13.8. The zero-order valence-electron chi connectivity index (χ0n) is 13.8. The Morgan fingerprint density at radius 3 is 2.78 bits per heavy atom. The first-order valence-electron chi connectivity index (χ1n) is 8.22. The third-order valence-corrected chi connectivity index (χ3v) is 4.74. The number of imidazole rings is 1. The lowest BCUT2D eigenvalue weighted by molar-refractivity contribution is -0.132. The number of amides is 1. The van der Waals surface area contributed by atoms with Crippen molar-refractivity contribution in [2.45, 2.75) is 31.8 Å². The molecule has 1 aromatic heterocycles. The normalized spacial score (nSPS) is 18.0. The fraction of sp³-hybridized carbons (Fsp3) is 0.529. The van der Waals surface area contributed by atoms with E-state index >= 15 is 0 Å². The third-order valence-electron chi connectivity index (χ3n) is 4.74. The van der Waals surface area contributed by atoms with Crippen LogP contribution >= 0.6 is 0 Å². The van der Waals surface area contributed by atoms with Crippen molar-refractivity contribution in [3.8, 4) is 0 Å². The summed E-state index contributed by atoms with van der Waals surface area (Å²) in [6.07, 6.45) is 2.49. The van der Waals surface area contributed by atoms with Crippen LogP contribution in [0, 0.1) is 0 Å². The van der Waals surface area contributed by atoms with E-state index in [0.717, 1.165) is 37.0 Å². The smallest absolute Gasteiger partial charge is 0.328 e. The predicted molar refractivity (Wildman–Crippen MR) is 90.5 cm³/mol. The van der Waals surface area contributed by atoms with Crippen molar-refractivity contribution >= 4 is 16.9 Å². The van der Waals surface area contributed by atoms with E-state index in [1.807, 2.05) is 36.2 Å². The van der Waals surface area contributed by atoms with Crippen LogP contribution in [0.3, 0.4) is 0 Å². The molecule has 0 aliphatic carbocycles. The SMILES string of the molecule is CNCC1CCCN1C(=O)CCn1c(=O)n(C)c2ccccc21. The Morgan fingerprint density at radius 2 is 2.04 bits per heavy atom. The van der Waals surface area contributed by atoms with Gasteiger partial charge in [0.25, 0.3) is 0 Å². The molecule has 1 unspecified atom stereocenters. The fourth-order valence-corrected chi connectivity index (χ4v) is 3.54. The summed E-state index contributed by atoms with van der Waals surface area (Å²) in [5.41, 5.74) is 1.73. The topological polar surface area (TPSA) is 59.3 Å². The lowest BCUT2D eigenvalue weighted by Gasteiger charge is -2.24. The monoisotopic (exact) mass is 316 g/mol. The van der Waals surface area contributed by atoms with E-state index in [1.165, 1.54) is 0 Å². The van der Waals surface area contributed by atoms with Crippen LogP contribution in [-0.4, -0.2) is 46.1 Å². The van der Waals surface area contributed by atoms with Crippen molar-refractivity contribution in [2.75, 3.05) is 20.1 Å². The summed E-state index contributed by atoms with van der Waals surface area (Å²) in [4.78, 5) is 26.9. The van der Waals surface area contributed by atoms with Crippen LogP contribution in [0.5, 0.6) is 0 Å². The quantitative estimate of drug-likeness (QED) is 0.893. The number of hydrogen-bond acceptors (Lipinski definition) is 3. The first kappa shape index (κ1) is 15.8. The second kappa shape index (κ2) is 6.58. The highest BCUT2D eigenvalue weighted by atomic mass is 16.2. The molecule has 6 nitrogen and oxygen atoms in total. The molecule has 1 atom stereocenters. The van der Waals surface area contributed by atoms with E-state index in [1.54, 1.807) is 16.2 Å². The molecule has 124 valence electrons. The van der Waals surface area contributed by atoms with Gasteiger partial charge in [0, 0.05) is 39.1 Å². The van der Waals surface area contributed by atoms with E-state index in [-0.39, 0.29) is 17.6 Å². The van der Waals surface area contributed by atoms with Crippen molar-refractivity contribution in [3.05, 3.63) is 34.7 Å². The fourth-order valence-electron chi connectivity index (χ4n) is 3.54. The first-order chi connectivity index (χ1) is 11.1. The molecule has 1 aliphatic heterocycles. The molecule has 6 heteroatoms. The number of benzene rings is 1. The molecule has 1 fully saturated rings. The van der Waals surface area contributed by atoms with Gasteiger partial charge >= 0.3 is 5.69 Å². The van der Waals surface area contributed by atoms with E-state index in [4.69, 9.17) is 0 Å². The summed E-state index contributed by atoms with van der Waals surface area (Å²) < 4.78 is 3.34. The number of aryl methyl sites for hydroxylation is 2. The summed E-state index contributed by atoms with van der Waals surface area (Å²) in [6, 6.07) is 7.99. The van der Waals surface area contributed by atoms with Crippen LogP contribution in [0.1, 0.15) is 19.3 Å². The largest absolute Gasteiger partial charge is 0.338 e. The van der Waals surface area contributed by atoms with Gasteiger partial charge < -0.3 is 10.2 Å². The zero-order chi connectivity index (χ0) is 16.4. The number of likely N-dealkylation sites (N-methyl/N-ethyl adjacent to an activating group) is 1. The Morgan fingerprint density at radius 1 is 1.30 bits per heavy atom. The minimum absolute atomic E-state index is 0.0628. The number of carbonyl (C=O) groups excluding carboxylic acids is 1. The molecule has 2 heterocycles. The Labute approximate surface area is 135 Å². The second-order valence-corrected chi connectivity index (χ2v) is 6.17. The number of aromatic nitrogens is 2. The molecular weight excluding hydrogens is 292 g/mol. The van der Waals surface area contributed by atoms with Crippen molar-refractivity contribution in [1.82, 2.24) is 19.4 Å². The number of rotatable bonds is 5. The molecule has 0 radical (unpaired) electrons. The maximum Gasteiger partial charge on any atom is 0.328 e. The Bertz CT molecular complexity index is 762. The van der Waals surface area contributed by atoms with Gasteiger partial charge in [-0.05, 0) is 32.0 Å². The number of para-hydroxylation sites is 2. The Balaban J connectivity index is 1.75. The van der Waals surface area contributed by atoms with Gasteiger partial charge in [-0.15, -0.1) is 0 Å². The molecule has 1 saturated heterocycles. The minimum atomic E-state index is -0.0628. The number of fused-ring (bicyclic) bond motifs is 1. The summed E-state index contributed by atoms with van der Waals surface area (Å²) in [6.45, 7) is 2.09. The molecule has 0 bridgehead atoms. The number of nitrogens with zero attached hydrogens (tertiary/aromatic N) is 3. The van der Waals surface area contributed by atoms with Gasteiger partial charge in [0.2, 0.25) is 5.91 Å². The van der Waals surface area contributed by atoms with Crippen LogP contribution in [-0.2, 0) is 18.4 Å². The average Bonchev–Trinajstić information content (AvgIpc) is 3.11. The summed E-state index contributed by atoms with van der Waals surface area (Å²) >= 11 is 0. The summed E-state index contributed by atoms with van der Waals surface area (Å²) in [5, 5.41) is 3.15.